The Labute approximate surface area is 125 Å². The van der Waals surface area contributed by atoms with Gasteiger partial charge in [0.05, 0.1) is 29.7 Å². The topological polar surface area (TPSA) is 88.8 Å². The minimum atomic E-state index is 0.0347. The van der Waals surface area contributed by atoms with E-state index in [0.29, 0.717) is 6.54 Å². The molecule has 3 heterocycles. The van der Waals surface area contributed by atoms with Crippen molar-refractivity contribution in [2.45, 2.75) is 19.9 Å². The molecule has 3 rings (SSSR count). The van der Waals surface area contributed by atoms with Gasteiger partial charge in [0.25, 0.3) is 0 Å². The van der Waals surface area contributed by atoms with Gasteiger partial charge in [-0.25, -0.2) is 19.6 Å². The van der Waals surface area contributed by atoms with Crippen molar-refractivity contribution >= 4 is 28.2 Å². The average Bonchev–Trinajstić information content (AvgIpc) is 3.07. The van der Waals surface area contributed by atoms with E-state index >= 15 is 0 Å². The van der Waals surface area contributed by atoms with Gasteiger partial charge >= 0.3 is 0 Å². The van der Waals surface area contributed by atoms with Crippen LogP contribution in [-0.2, 0) is 13.0 Å². The fourth-order valence-electron chi connectivity index (χ4n) is 2.10. The first kappa shape index (κ1) is 13.9. The molecule has 0 aliphatic heterocycles. The number of fused-ring (bicyclic) bond motifs is 1. The zero-order valence-corrected chi connectivity index (χ0v) is 12.5. The molecule has 0 fully saturated rings. The van der Waals surface area contributed by atoms with Gasteiger partial charge in [-0.2, -0.15) is 5.10 Å². The van der Waals surface area contributed by atoms with E-state index in [9.17, 15) is 0 Å². The van der Waals surface area contributed by atoms with Gasteiger partial charge in [0.1, 0.15) is 12.1 Å². The Morgan fingerprint density at radius 3 is 3.05 bits per heavy atom. The highest BCUT2D eigenvalue weighted by Crippen LogP contribution is 2.18. The highest BCUT2D eigenvalue weighted by Gasteiger charge is 2.09. The Bertz CT molecular complexity index is 737. The van der Waals surface area contributed by atoms with Crippen LogP contribution in [0, 0.1) is 6.92 Å². The largest absolute Gasteiger partial charge is 0.394 e. The Kier molecular flexibility index (Phi) is 4.07. The highest BCUT2D eigenvalue weighted by molar-refractivity contribution is 7.09. The molecule has 0 amide bonds. The maximum atomic E-state index is 9.01. The first-order chi connectivity index (χ1) is 10.3. The zero-order chi connectivity index (χ0) is 14.7. The molecule has 2 N–H and O–H groups in total. The highest BCUT2D eigenvalue weighted by atomic mass is 32.1. The van der Waals surface area contributed by atoms with E-state index in [0.717, 1.165) is 40.5 Å². The van der Waals surface area contributed by atoms with E-state index in [4.69, 9.17) is 5.11 Å². The number of anilines is 1. The van der Waals surface area contributed by atoms with E-state index in [1.807, 2.05) is 6.92 Å². The average molecular weight is 304 g/mol. The van der Waals surface area contributed by atoms with Crippen LogP contribution in [0.5, 0.6) is 0 Å². The van der Waals surface area contributed by atoms with E-state index < -0.39 is 0 Å². The second-order valence-corrected chi connectivity index (χ2v) is 5.55. The van der Waals surface area contributed by atoms with Gasteiger partial charge in [-0.3, -0.25) is 0 Å². The van der Waals surface area contributed by atoms with Crippen LogP contribution in [-0.4, -0.2) is 43.0 Å². The molecule has 0 bridgehead atoms. The number of hydrogen-bond donors (Lipinski definition) is 2. The van der Waals surface area contributed by atoms with Crippen LogP contribution >= 0.6 is 11.3 Å². The Balaban J connectivity index is 1.71. The standard InChI is InChI=1S/C13H16N6OS/c1-9-7-21-11(18-9)2-3-14-12-10-6-17-19(4-5-20)13(10)16-8-15-12/h6-8,20H,2-5H2,1H3,(H,14,15,16). The summed E-state index contributed by atoms with van der Waals surface area (Å²) in [6.45, 7) is 3.21. The third-order valence-corrected chi connectivity index (χ3v) is 4.07. The van der Waals surface area contributed by atoms with Gasteiger partial charge in [0, 0.05) is 24.0 Å². The fourth-order valence-corrected chi connectivity index (χ4v) is 2.87. The minimum Gasteiger partial charge on any atom is -0.394 e. The fraction of sp³-hybridized carbons (Fsp3) is 0.385. The summed E-state index contributed by atoms with van der Waals surface area (Å²) < 4.78 is 1.67. The number of nitrogens with zero attached hydrogens (tertiary/aromatic N) is 5. The molecule has 110 valence electrons. The van der Waals surface area contributed by atoms with Crippen LogP contribution in [0.1, 0.15) is 10.7 Å². The molecule has 0 saturated carbocycles. The summed E-state index contributed by atoms with van der Waals surface area (Å²) in [6, 6.07) is 0. The molecule has 0 atom stereocenters. The SMILES string of the molecule is Cc1csc(CCNc2ncnc3c2cnn3CCO)n1. The molecule has 0 unspecified atom stereocenters. The number of nitrogens with one attached hydrogen (secondary N) is 1. The normalized spacial score (nSPS) is 11.1. The van der Waals surface area contributed by atoms with E-state index in [1.165, 1.54) is 6.33 Å². The van der Waals surface area contributed by atoms with Crippen LogP contribution < -0.4 is 5.32 Å². The quantitative estimate of drug-likeness (QED) is 0.712. The van der Waals surface area contributed by atoms with Crippen molar-refractivity contribution in [1.82, 2.24) is 24.7 Å². The van der Waals surface area contributed by atoms with Crippen LogP contribution in [0.2, 0.25) is 0 Å². The van der Waals surface area contributed by atoms with Crippen LogP contribution in [0.15, 0.2) is 17.9 Å². The lowest BCUT2D eigenvalue weighted by Crippen LogP contribution is -2.08. The molecule has 21 heavy (non-hydrogen) atoms. The van der Waals surface area contributed by atoms with Gasteiger partial charge in [-0.15, -0.1) is 11.3 Å². The predicted octanol–water partition coefficient (Wildman–Crippen LogP) is 1.24. The molecule has 0 aromatic carbocycles. The summed E-state index contributed by atoms with van der Waals surface area (Å²) in [5.41, 5.74) is 1.79. The van der Waals surface area contributed by atoms with Crippen molar-refractivity contribution in [1.29, 1.82) is 0 Å². The molecule has 0 saturated heterocycles. The lowest BCUT2D eigenvalue weighted by Gasteiger charge is -2.05. The van der Waals surface area contributed by atoms with Gasteiger partial charge in [-0.1, -0.05) is 0 Å². The Morgan fingerprint density at radius 1 is 1.38 bits per heavy atom. The molecule has 3 aromatic heterocycles. The lowest BCUT2D eigenvalue weighted by molar-refractivity contribution is 0.271. The number of hydrogen-bond acceptors (Lipinski definition) is 7. The molecule has 0 aliphatic rings. The lowest BCUT2D eigenvalue weighted by atomic mass is 10.3. The first-order valence-corrected chi connectivity index (χ1v) is 7.58. The van der Waals surface area contributed by atoms with Gasteiger partial charge in [0.15, 0.2) is 5.65 Å². The third-order valence-electron chi connectivity index (χ3n) is 3.04. The second-order valence-electron chi connectivity index (χ2n) is 4.61. The Hall–Kier alpha value is -2.06. The molecule has 7 nitrogen and oxygen atoms in total. The van der Waals surface area contributed by atoms with E-state index in [2.05, 4.69) is 30.7 Å². The second kappa shape index (κ2) is 6.15. The van der Waals surface area contributed by atoms with Crippen molar-refractivity contribution in [2.75, 3.05) is 18.5 Å². The maximum Gasteiger partial charge on any atom is 0.163 e. The van der Waals surface area contributed by atoms with Gasteiger partial charge in [0.2, 0.25) is 0 Å². The molecule has 0 spiro atoms. The minimum absolute atomic E-state index is 0.0347. The van der Waals surface area contributed by atoms with Crippen molar-refractivity contribution in [3.63, 3.8) is 0 Å². The number of thiazole rings is 1. The monoisotopic (exact) mass is 304 g/mol. The van der Waals surface area contributed by atoms with Gasteiger partial charge in [-0.05, 0) is 6.92 Å². The number of rotatable bonds is 6. The number of aliphatic hydroxyl groups is 1. The van der Waals surface area contributed by atoms with Crippen LogP contribution in [0.4, 0.5) is 5.82 Å². The first-order valence-electron chi connectivity index (χ1n) is 6.70. The summed E-state index contributed by atoms with van der Waals surface area (Å²) in [6.07, 6.45) is 4.09. The summed E-state index contributed by atoms with van der Waals surface area (Å²) in [5, 5.41) is 20.6. The summed E-state index contributed by atoms with van der Waals surface area (Å²) in [7, 11) is 0. The molecule has 3 aromatic rings. The molecular weight excluding hydrogens is 288 g/mol. The maximum absolute atomic E-state index is 9.01. The van der Waals surface area contributed by atoms with Crippen molar-refractivity contribution in [3.05, 3.63) is 28.6 Å². The van der Waals surface area contributed by atoms with Crippen molar-refractivity contribution in [2.24, 2.45) is 0 Å². The summed E-state index contributed by atoms with van der Waals surface area (Å²) in [4.78, 5) is 12.9. The van der Waals surface area contributed by atoms with E-state index in [1.54, 1.807) is 22.2 Å². The third kappa shape index (κ3) is 3.01. The summed E-state index contributed by atoms with van der Waals surface area (Å²) >= 11 is 1.67. The molecule has 0 aliphatic carbocycles. The van der Waals surface area contributed by atoms with Crippen LogP contribution in [0.3, 0.4) is 0 Å². The Morgan fingerprint density at radius 2 is 2.29 bits per heavy atom. The summed E-state index contributed by atoms with van der Waals surface area (Å²) in [5.74, 6) is 0.762. The zero-order valence-electron chi connectivity index (χ0n) is 11.7. The molecular formula is C13H16N6OS. The number of aromatic nitrogens is 5. The van der Waals surface area contributed by atoms with Crippen molar-refractivity contribution in [3.8, 4) is 0 Å². The van der Waals surface area contributed by atoms with E-state index in [-0.39, 0.29) is 6.61 Å². The van der Waals surface area contributed by atoms with Gasteiger partial charge < -0.3 is 10.4 Å². The predicted molar refractivity (Wildman–Crippen MR) is 81.5 cm³/mol. The molecule has 0 radical (unpaired) electrons. The number of aliphatic hydroxyl groups excluding tert-OH is 1. The smallest absolute Gasteiger partial charge is 0.163 e. The number of aryl methyl sites for hydroxylation is 1. The molecule has 8 heteroatoms. The van der Waals surface area contributed by atoms with Crippen molar-refractivity contribution < 1.29 is 5.11 Å². The van der Waals surface area contributed by atoms with Crippen LogP contribution in [0.25, 0.3) is 11.0 Å².